The van der Waals surface area contributed by atoms with Crippen molar-refractivity contribution < 1.29 is 0 Å². The highest BCUT2D eigenvalue weighted by Crippen LogP contribution is 2.06. The monoisotopic (exact) mass is 218 g/mol. The Labute approximate surface area is 93.6 Å². The van der Waals surface area contributed by atoms with E-state index in [-0.39, 0.29) is 0 Å². The smallest absolute Gasteiger partial charge is 0.0154 e. The Morgan fingerprint density at radius 3 is 2.43 bits per heavy atom. The summed E-state index contributed by atoms with van der Waals surface area (Å²) in [7, 11) is 2.22. The first kappa shape index (κ1) is 14.3. The van der Waals surface area contributed by atoms with Crippen molar-refractivity contribution in [1.29, 1.82) is 0 Å². The molecule has 2 unspecified atom stereocenters. The van der Waals surface area contributed by atoms with Crippen LogP contribution in [0.1, 0.15) is 33.1 Å². The first-order valence-electron chi connectivity index (χ1n) is 5.52. The molecule has 2 atom stereocenters. The molecule has 0 aliphatic rings. The van der Waals surface area contributed by atoms with E-state index in [2.05, 4.69) is 32.1 Å². The molecular weight excluding hydrogens is 192 g/mol. The number of nitrogens with two attached hydrogens (primary N) is 1. The zero-order valence-corrected chi connectivity index (χ0v) is 10.9. The van der Waals surface area contributed by atoms with E-state index in [4.69, 9.17) is 5.73 Å². The van der Waals surface area contributed by atoms with Crippen molar-refractivity contribution in [2.45, 2.75) is 45.2 Å². The number of rotatable bonds is 8. The molecule has 0 heterocycles. The molecule has 0 fully saturated rings. The highest BCUT2D eigenvalue weighted by molar-refractivity contribution is 7.98. The van der Waals surface area contributed by atoms with Gasteiger partial charge in [0.25, 0.3) is 0 Å². The van der Waals surface area contributed by atoms with Crippen LogP contribution in [-0.4, -0.2) is 42.6 Å². The Morgan fingerprint density at radius 1 is 1.29 bits per heavy atom. The van der Waals surface area contributed by atoms with Gasteiger partial charge in [0.05, 0.1) is 0 Å². The zero-order valence-electron chi connectivity index (χ0n) is 10.1. The molecule has 86 valence electrons. The van der Waals surface area contributed by atoms with Crippen LogP contribution < -0.4 is 5.73 Å². The molecular formula is C11H26N2S. The fourth-order valence-corrected chi connectivity index (χ4v) is 2.15. The maximum atomic E-state index is 5.70. The molecule has 0 radical (unpaired) electrons. The van der Waals surface area contributed by atoms with Gasteiger partial charge in [0.15, 0.2) is 0 Å². The quantitative estimate of drug-likeness (QED) is 0.633. The fourth-order valence-electron chi connectivity index (χ4n) is 1.42. The van der Waals surface area contributed by atoms with Gasteiger partial charge in [0.2, 0.25) is 0 Å². The predicted molar refractivity (Wildman–Crippen MR) is 68.0 cm³/mol. The van der Waals surface area contributed by atoms with Crippen molar-refractivity contribution in [1.82, 2.24) is 4.90 Å². The van der Waals surface area contributed by atoms with Gasteiger partial charge in [-0.15, -0.1) is 0 Å². The second-order valence-electron chi connectivity index (χ2n) is 4.26. The van der Waals surface area contributed by atoms with E-state index in [1.165, 1.54) is 25.1 Å². The number of unbranched alkanes of at least 4 members (excludes halogenated alkanes) is 1. The molecule has 14 heavy (non-hydrogen) atoms. The first-order chi connectivity index (χ1) is 6.57. The molecule has 0 saturated carbocycles. The van der Waals surface area contributed by atoms with Gasteiger partial charge in [0.1, 0.15) is 0 Å². The normalized spacial score (nSPS) is 15.9. The summed E-state index contributed by atoms with van der Waals surface area (Å²) in [5.74, 6) is 1.23. The summed E-state index contributed by atoms with van der Waals surface area (Å²) in [5.41, 5.74) is 5.70. The van der Waals surface area contributed by atoms with E-state index in [1.807, 2.05) is 11.8 Å². The second kappa shape index (κ2) is 8.57. The Morgan fingerprint density at radius 2 is 1.93 bits per heavy atom. The highest BCUT2D eigenvalue weighted by Gasteiger charge is 2.07. The van der Waals surface area contributed by atoms with Crippen LogP contribution in [0, 0.1) is 0 Å². The van der Waals surface area contributed by atoms with Gasteiger partial charge in [-0.3, -0.25) is 0 Å². The van der Waals surface area contributed by atoms with Crippen LogP contribution in [0.5, 0.6) is 0 Å². The van der Waals surface area contributed by atoms with Crippen molar-refractivity contribution in [3.05, 3.63) is 0 Å². The number of hydrogen-bond acceptors (Lipinski definition) is 3. The summed E-state index contributed by atoms with van der Waals surface area (Å²) in [6, 6.07) is 1.06. The molecule has 0 amide bonds. The molecule has 2 nitrogen and oxygen atoms in total. The van der Waals surface area contributed by atoms with Crippen molar-refractivity contribution in [2.24, 2.45) is 5.73 Å². The van der Waals surface area contributed by atoms with Gasteiger partial charge in [-0.1, -0.05) is 6.42 Å². The van der Waals surface area contributed by atoms with Gasteiger partial charge in [-0.2, -0.15) is 11.8 Å². The fraction of sp³-hybridized carbons (Fsp3) is 1.00. The summed E-state index contributed by atoms with van der Waals surface area (Å²) < 4.78 is 0. The second-order valence-corrected chi connectivity index (χ2v) is 5.17. The molecule has 0 aliphatic heterocycles. The van der Waals surface area contributed by atoms with E-state index >= 15 is 0 Å². The van der Waals surface area contributed by atoms with Crippen molar-refractivity contribution in [3.8, 4) is 0 Å². The van der Waals surface area contributed by atoms with Crippen LogP contribution >= 0.6 is 11.8 Å². The molecule has 0 rings (SSSR count). The summed E-state index contributed by atoms with van der Waals surface area (Å²) in [6.07, 6.45) is 5.86. The van der Waals surface area contributed by atoms with Crippen LogP contribution in [0.4, 0.5) is 0 Å². The summed E-state index contributed by atoms with van der Waals surface area (Å²) >= 11 is 1.92. The van der Waals surface area contributed by atoms with E-state index in [0.717, 1.165) is 6.42 Å². The largest absolute Gasteiger partial charge is 0.328 e. The van der Waals surface area contributed by atoms with E-state index in [9.17, 15) is 0 Å². The molecule has 0 aromatic rings. The van der Waals surface area contributed by atoms with Crippen LogP contribution in [0.25, 0.3) is 0 Å². The number of thioether (sulfide) groups is 1. The van der Waals surface area contributed by atoms with Crippen LogP contribution in [0.2, 0.25) is 0 Å². The van der Waals surface area contributed by atoms with Gasteiger partial charge < -0.3 is 10.6 Å². The lowest BCUT2D eigenvalue weighted by Crippen LogP contribution is -2.32. The molecule has 2 N–H and O–H groups in total. The third-order valence-corrected chi connectivity index (χ3v) is 3.40. The van der Waals surface area contributed by atoms with Crippen LogP contribution in [-0.2, 0) is 0 Å². The summed E-state index contributed by atoms with van der Waals surface area (Å²) in [4.78, 5) is 2.44. The lowest BCUT2D eigenvalue weighted by molar-refractivity contribution is 0.270. The molecule has 0 spiro atoms. The van der Waals surface area contributed by atoms with Crippen LogP contribution in [0.15, 0.2) is 0 Å². The Balaban J connectivity index is 3.38. The summed E-state index contributed by atoms with van der Waals surface area (Å²) in [6.45, 7) is 5.58. The van der Waals surface area contributed by atoms with Crippen molar-refractivity contribution in [3.63, 3.8) is 0 Å². The van der Waals surface area contributed by atoms with E-state index in [1.54, 1.807) is 0 Å². The van der Waals surface area contributed by atoms with Crippen LogP contribution in [0.3, 0.4) is 0 Å². The lowest BCUT2D eigenvalue weighted by atomic mass is 10.1. The minimum absolute atomic E-state index is 0.365. The molecule has 0 aliphatic carbocycles. The minimum atomic E-state index is 0.365. The van der Waals surface area contributed by atoms with Gasteiger partial charge in [-0.05, 0) is 46.5 Å². The van der Waals surface area contributed by atoms with Crippen molar-refractivity contribution in [2.75, 3.05) is 25.6 Å². The highest BCUT2D eigenvalue weighted by atomic mass is 32.2. The zero-order chi connectivity index (χ0) is 11.0. The standard InChI is InChI=1S/C11H26N2S/c1-10(12)7-5-6-8-13(3)11(2)9-14-4/h10-11H,5-9,12H2,1-4H3. The molecule has 0 saturated heterocycles. The van der Waals surface area contributed by atoms with Gasteiger partial charge >= 0.3 is 0 Å². The molecule has 3 heteroatoms. The van der Waals surface area contributed by atoms with Crippen molar-refractivity contribution >= 4 is 11.8 Å². The van der Waals surface area contributed by atoms with E-state index < -0.39 is 0 Å². The number of hydrogen-bond donors (Lipinski definition) is 1. The summed E-state index contributed by atoms with van der Waals surface area (Å²) in [5, 5.41) is 0. The third-order valence-electron chi connectivity index (χ3n) is 2.58. The molecule has 0 aromatic heterocycles. The molecule has 0 bridgehead atoms. The minimum Gasteiger partial charge on any atom is -0.328 e. The molecule has 0 aromatic carbocycles. The Kier molecular flexibility index (Phi) is 8.73. The van der Waals surface area contributed by atoms with Gasteiger partial charge in [-0.25, -0.2) is 0 Å². The van der Waals surface area contributed by atoms with Gasteiger partial charge in [0, 0.05) is 17.8 Å². The Hall–Kier alpha value is 0.270. The Bertz CT molecular complexity index is 128. The SMILES string of the molecule is CSCC(C)N(C)CCCCC(C)N. The topological polar surface area (TPSA) is 29.3 Å². The first-order valence-corrected chi connectivity index (χ1v) is 6.92. The average Bonchev–Trinajstić information content (AvgIpc) is 2.12. The maximum absolute atomic E-state index is 5.70. The third kappa shape index (κ3) is 7.65. The maximum Gasteiger partial charge on any atom is 0.0154 e. The lowest BCUT2D eigenvalue weighted by Gasteiger charge is -2.23. The predicted octanol–water partition coefficient (Wildman–Crippen LogP) is 2.19. The average molecular weight is 218 g/mol. The number of nitrogens with zero attached hydrogens (tertiary/aromatic N) is 1. The van der Waals surface area contributed by atoms with E-state index in [0.29, 0.717) is 12.1 Å².